The second kappa shape index (κ2) is 4.33. The molecule has 2 rings (SSSR count). The fourth-order valence-corrected chi connectivity index (χ4v) is 1.93. The van der Waals surface area contributed by atoms with Gasteiger partial charge in [0.25, 0.3) is 0 Å². The summed E-state index contributed by atoms with van der Waals surface area (Å²) < 4.78 is 0. The van der Waals surface area contributed by atoms with Crippen LogP contribution in [0.15, 0.2) is 36.9 Å². The van der Waals surface area contributed by atoms with E-state index in [2.05, 4.69) is 16.5 Å². The van der Waals surface area contributed by atoms with Gasteiger partial charge in [0.15, 0.2) is 0 Å². The molecular formula is C11H12N2S. The zero-order valence-electron chi connectivity index (χ0n) is 7.86. The number of hydrogen-bond donors (Lipinski definition) is 1. The minimum Gasteiger partial charge on any atom is -0.341 e. The Balaban J connectivity index is 2.14. The molecule has 0 saturated carbocycles. The Labute approximate surface area is 87.4 Å². The Hall–Kier alpha value is -1.22. The van der Waals surface area contributed by atoms with Crippen molar-refractivity contribution in [2.45, 2.75) is 5.75 Å². The van der Waals surface area contributed by atoms with Gasteiger partial charge in [0.2, 0.25) is 0 Å². The van der Waals surface area contributed by atoms with Gasteiger partial charge in [0.1, 0.15) is 5.82 Å². The molecule has 0 fully saturated rings. The van der Waals surface area contributed by atoms with Crippen molar-refractivity contribution in [3.05, 3.63) is 42.7 Å². The summed E-state index contributed by atoms with van der Waals surface area (Å²) in [6.45, 7) is 3.68. The zero-order chi connectivity index (χ0) is 9.80. The molecule has 0 bridgehead atoms. The number of nitrogens with one attached hydrogen (secondary N) is 1. The topological polar surface area (TPSA) is 28.7 Å². The monoisotopic (exact) mass is 204 g/mol. The lowest BCUT2D eigenvalue weighted by Crippen LogP contribution is -1.83. The number of aromatic amines is 1. The molecule has 0 spiro atoms. The fourth-order valence-electron chi connectivity index (χ4n) is 1.31. The van der Waals surface area contributed by atoms with Crippen LogP contribution in [0.5, 0.6) is 0 Å². The molecule has 0 saturated heterocycles. The van der Waals surface area contributed by atoms with Crippen LogP contribution in [0.4, 0.5) is 0 Å². The lowest BCUT2D eigenvalue weighted by molar-refractivity contribution is 1.14. The van der Waals surface area contributed by atoms with Crippen LogP contribution in [0.1, 0.15) is 5.82 Å². The van der Waals surface area contributed by atoms with Gasteiger partial charge in [-0.05, 0) is 12.1 Å². The molecule has 0 aliphatic carbocycles. The molecule has 0 amide bonds. The summed E-state index contributed by atoms with van der Waals surface area (Å²) in [5, 5.41) is 0. The van der Waals surface area contributed by atoms with Crippen molar-refractivity contribution >= 4 is 22.8 Å². The van der Waals surface area contributed by atoms with Gasteiger partial charge in [-0.1, -0.05) is 18.2 Å². The molecule has 3 heteroatoms. The molecule has 1 aromatic heterocycles. The first kappa shape index (κ1) is 9.34. The summed E-state index contributed by atoms with van der Waals surface area (Å²) in [4.78, 5) is 7.76. The number of aromatic nitrogens is 2. The summed E-state index contributed by atoms with van der Waals surface area (Å²) in [6.07, 6.45) is 1.91. The van der Waals surface area contributed by atoms with E-state index in [1.54, 1.807) is 0 Å². The minimum absolute atomic E-state index is 0.917. The number of hydrogen-bond acceptors (Lipinski definition) is 2. The number of imidazole rings is 1. The predicted molar refractivity (Wildman–Crippen MR) is 62.5 cm³/mol. The van der Waals surface area contributed by atoms with Gasteiger partial charge in [-0.25, -0.2) is 4.98 Å². The van der Waals surface area contributed by atoms with Crippen molar-refractivity contribution < 1.29 is 0 Å². The van der Waals surface area contributed by atoms with Crippen molar-refractivity contribution in [3.63, 3.8) is 0 Å². The van der Waals surface area contributed by atoms with E-state index in [1.807, 2.05) is 42.1 Å². The molecule has 0 aliphatic rings. The molecule has 2 aromatic rings. The number of thioether (sulfide) groups is 1. The van der Waals surface area contributed by atoms with Crippen molar-refractivity contribution in [1.29, 1.82) is 0 Å². The normalized spacial score (nSPS) is 10.6. The van der Waals surface area contributed by atoms with E-state index in [1.165, 1.54) is 0 Å². The van der Waals surface area contributed by atoms with Crippen LogP contribution in [0.25, 0.3) is 11.0 Å². The van der Waals surface area contributed by atoms with Crippen LogP contribution < -0.4 is 0 Å². The predicted octanol–water partition coefficient (Wildman–Crippen LogP) is 2.98. The lowest BCUT2D eigenvalue weighted by Gasteiger charge is -1.92. The maximum atomic E-state index is 4.47. The smallest absolute Gasteiger partial charge is 0.117 e. The summed E-state index contributed by atoms with van der Waals surface area (Å²) in [7, 11) is 0. The Bertz CT molecular complexity index is 401. The molecule has 1 heterocycles. The molecule has 14 heavy (non-hydrogen) atoms. The SMILES string of the molecule is C=CCSCc1nc2ccccc2[nH]1. The van der Waals surface area contributed by atoms with Crippen molar-refractivity contribution in [2.75, 3.05) is 5.75 Å². The lowest BCUT2D eigenvalue weighted by atomic mass is 10.3. The van der Waals surface area contributed by atoms with E-state index in [9.17, 15) is 0 Å². The Morgan fingerprint density at radius 1 is 1.43 bits per heavy atom. The van der Waals surface area contributed by atoms with Crippen molar-refractivity contribution in [2.24, 2.45) is 0 Å². The van der Waals surface area contributed by atoms with Crippen LogP contribution >= 0.6 is 11.8 Å². The van der Waals surface area contributed by atoms with Crippen LogP contribution in [0, 0.1) is 0 Å². The number of H-pyrrole nitrogens is 1. The van der Waals surface area contributed by atoms with E-state index in [0.717, 1.165) is 28.4 Å². The van der Waals surface area contributed by atoms with Crippen LogP contribution in [0.3, 0.4) is 0 Å². The quantitative estimate of drug-likeness (QED) is 0.612. The first-order chi connectivity index (χ1) is 6.90. The van der Waals surface area contributed by atoms with Gasteiger partial charge < -0.3 is 4.98 Å². The standard InChI is InChI=1S/C11H12N2S/c1-2-7-14-8-11-12-9-5-3-4-6-10(9)13-11/h2-6H,1,7-8H2,(H,12,13). The Morgan fingerprint density at radius 2 is 2.29 bits per heavy atom. The van der Waals surface area contributed by atoms with E-state index in [4.69, 9.17) is 0 Å². The first-order valence-corrected chi connectivity index (χ1v) is 5.68. The van der Waals surface area contributed by atoms with Gasteiger partial charge in [-0.15, -0.1) is 18.3 Å². The summed E-state index contributed by atoms with van der Waals surface area (Å²) in [5.41, 5.74) is 2.16. The van der Waals surface area contributed by atoms with E-state index in [0.29, 0.717) is 0 Å². The highest BCUT2D eigenvalue weighted by atomic mass is 32.2. The molecular weight excluding hydrogens is 192 g/mol. The zero-order valence-corrected chi connectivity index (χ0v) is 8.68. The maximum absolute atomic E-state index is 4.47. The number of nitrogens with zero attached hydrogens (tertiary/aromatic N) is 1. The van der Waals surface area contributed by atoms with E-state index >= 15 is 0 Å². The molecule has 0 unspecified atom stereocenters. The van der Waals surface area contributed by atoms with Crippen LogP contribution in [0.2, 0.25) is 0 Å². The third kappa shape index (κ3) is 1.99. The highest BCUT2D eigenvalue weighted by Gasteiger charge is 2.00. The van der Waals surface area contributed by atoms with E-state index in [-0.39, 0.29) is 0 Å². The highest BCUT2D eigenvalue weighted by Crippen LogP contribution is 2.14. The third-order valence-electron chi connectivity index (χ3n) is 1.91. The number of fused-ring (bicyclic) bond motifs is 1. The van der Waals surface area contributed by atoms with Gasteiger partial charge >= 0.3 is 0 Å². The van der Waals surface area contributed by atoms with Crippen LogP contribution in [-0.2, 0) is 5.75 Å². The minimum atomic E-state index is 0.917. The molecule has 1 aromatic carbocycles. The Morgan fingerprint density at radius 3 is 3.07 bits per heavy atom. The summed E-state index contributed by atoms with van der Waals surface area (Å²) in [5.74, 6) is 2.93. The maximum Gasteiger partial charge on any atom is 0.117 e. The summed E-state index contributed by atoms with van der Waals surface area (Å²) >= 11 is 1.81. The number of para-hydroxylation sites is 2. The van der Waals surface area contributed by atoms with Gasteiger partial charge in [-0.2, -0.15) is 0 Å². The molecule has 1 N–H and O–H groups in total. The van der Waals surface area contributed by atoms with Gasteiger partial charge in [-0.3, -0.25) is 0 Å². The first-order valence-electron chi connectivity index (χ1n) is 4.52. The van der Waals surface area contributed by atoms with Gasteiger partial charge in [0.05, 0.1) is 16.8 Å². The second-order valence-corrected chi connectivity index (χ2v) is 4.03. The number of rotatable bonds is 4. The average molecular weight is 204 g/mol. The fraction of sp³-hybridized carbons (Fsp3) is 0.182. The average Bonchev–Trinajstić information content (AvgIpc) is 2.60. The van der Waals surface area contributed by atoms with Crippen molar-refractivity contribution in [1.82, 2.24) is 9.97 Å². The van der Waals surface area contributed by atoms with Crippen molar-refractivity contribution in [3.8, 4) is 0 Å². The molecule has 2 nitrogen and oxygen atoms in total. The largest absolute Gasteiger partial charge is 0.341 e. The molecule has 0 atom stereocenters. The number of benzene rings is 1. The van der Waals surface area contributed by atoms with Gasteiger partial charge in [0, 0.05) is 5.75 Å². The second-order valence-electron chi connectivity index (χ2n) is 3.00. The molecule has 72 valence electrons. The summed E-state index contributed by atoms with van der Waals surface area (Å²) in [6, 6.07) is 8.09. The molecule has 0 aliphatic heterocycles. The molecule has 0 radical (unpaired) electrons. The Kier molecular flexibility index (Phi) is 2.89. The van der Waals surface area contributed by atoms with E-state index < -0.39 is 0 Å². The third-order valence-corrected chi connectivity index (χ3v) is 2.86. The van der Waals surface area contributed by atoms with Crippen LogP contribution in [-0.4, -0.2) is 15.7 Å². The highest BCUT2D eigenvalue weighted by molar-refractivity contribution is 7.98.